The van der Waals surface area contributed by atoms with E-state index in [1.807, 2.05) is 13.0 Å². The van der Waals surface area contributed by atoms with Gasteiger partial charge in [-0.3, -0.25) is 19.1 Å². The molecule has 1 unspecified atom stereocenters. The maximum atomic E-state index is 14.2. The third-order valence-electron chi connectivity index (χ3n) is 8.62. The minimum absolute atomic E-state index is 0.0832. The van der Waals surface area contributed by atoms with Gasteiger partial charge in [-0.1, -0.05) is 32.4 Å². The number of sulfonamides is 1. The number of allylic oxidation sites excluding steroid dienone is 1. The van der Waals surface area contributed by atoms with Gasteiger partial charge in [-0.15, -0.1) is 13.2 Å². The molecule has 1 saturated heterocycles. The standard InChI is InChI=1S/C31H50N4O8S/c1-8-11-12-19(4)15-20(9-2)25(32-29(40)43-30(5,6)7)27(38)35-18-22(36)16-24(35)26(37)33-31(17-21(31)10-3)28(39)34-44(41,42)23-13-14-23/h8,10,19-25,36H,1,3,9,11-18H2,2,4-7H3,(H,32,40)(H,33,37)(H,34,39)/t19?,20-,21-,22-,24+,25+,31-/m1/s1. The normalized spacial score (nSPS) is 27.0. The highest BCUT2D eigenvalue weighted by Gasteiger charge is 2.62. The summed E-state index contributed by atoms with van der Waals surface area (Å²) in [7, 11) is -3.86. The number of amides is 4. The Kier molecular flexibility index (Phi) is 11.3. The third-order valence-corrected chi connectivity index (χ3v) is 10.4. The number of ether oxygens (including phenoxy) is 1. The van der Waals surface area contributed by atoms with Crippen LogP contribution in [0.4, 0.5) is 4.79 Å². The molecule has 4 N–H and O–H groups in total. The second kappa shape index (κ2) is 14.0. The first kappa shape index (κ1) is 35.5. The van der Waals surface area contributed by atoms with Crippen molar-refractivity contribution in [2.75, 3.05) is 6.54 Å². The Morgan fingerprint density at radius 2 is 1.84 bits per heavy atom. The number of nitrogens with one attached hydrogen (secondary N) is 3. The molecule has 0 aromatic carbocycles. The second-order valence-electron chi connectivity index (χ2n) is 13.6. The maximum absolute atomic E-state index is 14.2. The van der Waals surface area contributed by atoms with Crippen molar-refractivity contribution < 1.29 is 37.4 Å². The van der Waals surface area contributed by atoms with Crippen molar-refractivity contribution in [3.8, 4) is 0 Å². The van der Waals surface area contributed by atoms with Gasteiger partial charge in [0.15, 0.2) is 0 Å². The topological polar surface area (TPSA) is 171 Å². The fraction of sp³-hybridized carbons (Fsp3) is 0.742. The highest BCUT2D eigenvalue weighted by Crippen LogP contribution is 2.45. The van der Waals surface area contributed by atoms with E-state index in [2.05, 4.69) is 35.4 Å². The van der Waals surface area contributed by atoms with E-state index >= 15 is 0 Å². The Balaban J connectivity index is 1.84. The van der Waals surface area contributed by atoms with Gasteiger partial charge in [0.25, 0.3) is 5.91 Å². The van der Waals surface area contributed by atoms with E-state index in [4.69, 9.17) is 4.74 Å². The molecule has 3 aliphatic rings. The van der Waals surface area contributed by atoms with Crippen LogP contribution in [0.3, 0.4) is 0 Å². The Bertz CT molecular complexity index is 1230. The van der Waals surface area contributed by atoms with Crippen LogP contribution in [-0.2, 0) is 29.1 Å². The van der Waals surface area contributed by atoms with Gasteiger partial charge in [-0.05, 0) is 71.1 Å². The van der Waals surface area contributed by atoms with E-state index < -0.39 is 74.3 Å². The molecule has 44 heavy (non-hydrogen) atoms. The van der Waals surface area contributed by atoms with Gasteiger partial charge in [0.1, 0.15) is 23.2 Å². The minimum Gasteiger partial charge on any atom is -0.444 e. The Morgan fingerprint density at radius 3 is 2.36 bits per heavy atom. The number of aliphatic hydroxyl groups is 1. The summed E-state index contributed by atoms with van der Waals surface area (Å²) in [6, 6.07) is -2.18. The summed E-state index contributed by atoms with van der Waals surface area (Å²) in [5, 5.41) is 15.4. The average molecular weight is 639 g/mol. The van der Waals surface area contributed by atoms with E-state index in [1.54, 1.807) is 20.8 Å². The van der Waals surface area contributed by atoms with Crippen LogP contribution in [0.1, 0.15) is 86.0 Å². The van der Waals surface area contributed by atoms with E-state index in [0.29, 0.717) is 25.7 Å². The van der Waals surface area contributed by atoms with Crippen LogP contribution in [0.2, 0.25) is 0 Å². The molecule has 13 heteroatoms. The molecule has 4 amide bonds. The molecule has 0 bridgehead atoms. The van der Waals surface area contributed by atoms with Crippen molar-refractivity contribution in [3.05, 3.63) is 25.3 Å². The lowest BCUT2D eigenvalue weighted by Crippen LogP contribution is -2.59. The second-order valence-corrected chi connectivity index (χ2v) is 15.5. The monoisotopic (exact) mass is 638 g/mol. The van der Waals surface area contributed by atoms with Crippen LogP contribution in [0.5, 0.6) is 0 Å². The zero-order valence-electron chi connectivity index (χ0n) is 26.6. The summed E-state index contributed by atoms with van der Waals surface area (Å²) in [4.78, 5) is 55.2. The van der Waals surface area contributed by atoms with Gasteiger partial charge in [-0.25, -0.2) is 13.2 Å². The molecule has 2 aliphatic carbocycles. The molecule has 12 nitrogen and oxygen atoms in total. The Labute approximate surface area is 261 Å². The van der Waals surface area contributed by atoms with E-state index in [0.717, 1.165) is 12.8 Å². The molecular formula is C31H50N4O8S. The van der Waals surface area contributed by atoms with Gasteiger partial charge in [0.05, 0.1) is 11.4 Å². The lowest BCUT2D eigenvalue weighted by Gasteiger charge is -2.34. The summed E-state index contributed by atoms with van der Waals surface area (Å²) in [6.07, 6.45) is 5.36. The maximum Gasteiger partial charge on any atom is 0.408 e. The largest absolute Gasteiger partial charge is 0.444 e. The van der Waals surface area contributed by atoms with Crippen molar-refractivity contribution >= 4 is 33.8 Å². The van der Waals surface area contributed by atoms with Crippen LogP contribution < -0.4 is 15.4 Å². The molecule has 0 spiro atoms. The summed E-state index contributed by atoms with van der Waals surface area (Å²) in [5.74, 6) is -2.66. The van der Waals surface area contributed by atoms with Crippen LogP contribution in [0.25, 0.3) is 0 Å². The first-order valence-electron chi connectivity index (χ1n) is 15.6. The first-order valence-corrected chi connectivity index (χ1v) is 17.1. The summed E-state index contributed by atoms with van der Waals surface area (Å²) in [6.45, 7) is 16.5. The van der Waals surface area contributed by atoms with Crippen molar-refractivity contribution in [3.63, 3.8) is 0 Å². The molecule has 7 atom stereocenters. The van der Waals surface area contributed by atoms with Gasteiger partial charge in [-0.2, -0.15) is 0 Å². The van der Waals surface area contributed by atoms with E-state index in [9.17, 15) is 32.7 Å². The Morgan fingerprint density at radius 1 is 1.18 bits per heavy atom. The number of alkyl carbamates (subject to hydrolysis) is 1. The molecule has 3 fully saturated rings. The SMILES string of the molecule is C=CCCC(C)C[C@@H](CC)[C@H](NC(=O)OC(C)(C)C)C(=O)N1C[C@H](O)C[C@H]1C(=O)N[C@]1(C(=O)NS(=O)(=O)C2CC2)C[C@H]1C=C. The number of aliphatic hydroxyl groups excluding tert-OH is 1. The van der Waals surface area contributed by atoms with Crippen LogP contribution in [0, 0.1) is 17.8 Å². The smallest absolute Gasteiger partial charge is 0.408 e. The molecule has 1 aliphatic heterocycles. The number of hydrogen-bond donors (Lipinski definition) is 4. The molecule has 248 valence electrons. The highest BCUT2D eigenvalue weighted by molar-refractivity contribution is 7.91. The predicted molar refractivity (Wildman–Crippen MR) is 166 cm³/mol. The molecule has 1 heterocycles. The number of carbonyl (C=O) groups excluding carboxylic acids is 4. The van der Waals surface area contributed by atoms with Gasteiger partial charge in [0, 0.05) is 18.9 Å². The van der Waals surface area contributed by atoms with Crippen LogP contribution in [-0.4, -0.2) is 83.4 Å². The number of β-amino-alcohol motifs (C(OH)–C–C–N with tert-alkyl or cyclic N) is 1. The average Bonchev–Trinajstić information content (AvgIpc) is 3.85. The fourth-order valence-electron chi connectivity index (χ4n) is 5.89. The van der Waals surface area contributed by atoms with Gasteiger partial charge >= 0.3 is 6.09 Å². The van der Waals surface area contributed by atoms with Crippen LogP contribution >= 0.6 is 0 Å². The summed E-state index contributed by atoms with van der Waals surface area (Å²) < 4.78 is 32.5. The predicted octanol–water partition coefficient (Wildman–Crippen LogP) is 2.53. The summed E-state index contributed by atoms with van der Waals surface area (Å²) >= 11 is 0. The van der Waals surface area contributed by atoms with Crippen molar-refractivity contribution in [1.82, 2.24) is 20.3 Å². The number of carbonyl (C=O) groups is 4. The van der Waals surface area contributed by atoms with Crippen molar-refractivity contribution in [2.45, 2.75) is 121 Å². The Hall–Kier alpha value is -2.93. The number of likely N-dealkylation sites (tertiary alicyclic amines) is 1. The molecule has 0 aromatic rings. The lowest BCUT2D eigenvalue weighted by atomic mass is 9.85. The number of hydrogen-bond acceptors (Lipinski definition) is 8. The molecule has 3 rings (SSSR count). The minimum atomic E-state index is -3.86. The molecular weight excluding hydrogens is 588 g/mol. The van der Waals surface area contributed by atoms with Gasteiger partial charge in [0.2, 0.25) is 21.8 Å². The number of rotatable bonds is 15. The molecule has 0 radical (unpaired) electrons. The molecule has 2 saturated carbocycles. The van der Waals surface area contributed by atoms with Crippen LogP contribution in [0.15, 0.2) is 25.3 Å². The van der Waals surface area contributed by atoms with Crippen molar-refractivity contribution in [1.29, 1.82) is 0 Å². The zero-order chi connectivity index (χ0) is 33.0. The molecule has 0 aromatic heterocycles. The highest BCUT2D eigenvalue weighted by atomic mass is 32.2. The van der Waals surface area contributed by atoms with Crippen molar-refractivity contribution in [2.24, 2.45) is 17.8 Å². The van der Waals surface area contributed by atoms with E-state index in [-0.39, 0.29) is 31.2 Å². The first-order chi connectivity index (χ1) is 20.5. The number of nitrogens with zero attached hydrogens (tertiary/aromatic N) is 1. The summed E-state index contributed by atoms with van der Waals surface area (Å²) in [5.41, 5.74) is -2.33. The fourth-order valence-corrected chi connectivity index (χ4v) is 7.26. The lowest BCUT2D eigenvalue weighted by molar-refractivity contribution is -0.142. The van der Waals surface area contributed by atoms with E-state index in [1.165, 1.54) is 11.0 Å². The third kappa shape index (κ3) is 8.83. The quantitative estimate of drug-likeness (QED) is 0.198. The van der Waals surface area contributed by atoms with Gasteiger partial charge < -0.3 is 25.4 Å². The zero-order valence-corrected chi connectivity index (χ0v) is 27.5.